The molecule has 0 saturated carbocycles. The van der Waals surface area contributed by atoms with Crippen LogP contribution in [0.1, 0.15) is 0 Å². The molecule has 0 spiro atoms. The van der Waals surface area contributed by atoms with E-state index in [2.05, 4.69) is 168 Å². The highest BCUT2D eigenvalue weighted by Gasteiger charge is 2.41. The lowest BCUT2D eigenvalue weighted by atomic mass is 10.1. The van der Waals surface area contributed by atoms with Crippen LogP contribution in [-0.2, 0) is 0 Å². The molecule has 0 radical (unpaired) electrons. The number of nitrogens with zero attached hydrogens (tertiary/aromatic N) is 4. The average molecular weight is 823 g/mol. The Labute approximate surface area is 365 Å². The number of benzene rings is 9. The predicted octanol–water partition coefficient (Wildman–Crippen LogP) is 11.2. The first kappa shape index (κ1) is 36.6. The molecule has 0 unspecified atom stereocenters. The molecule has 6 heteroatoms. The molecule has 63 heavy (non-hydrogen) atoms. The van der Waals surface area contributed by atoms with Crippen LogP contribution in [0.5, 0.6) is 0 Å². The van der Waals surface area contributed by atoms with E-state index in [0.717, 1.165) is 60.7 Å². The van der Waals surface area contributed by atoms with Crippen LogP contribution in [0.15, 0.2) is 235 Å². The van der Waals surface area contributed by atoms with Crippen LogP contribution in [0.4, 0.5) is 0 Å². The highest BCUT2D eigenvalue weighted by Crippen LogP contribution is 2.40. The number of hydrogen-bond acceptors (Lipinski definition) is 4. The molecule has 3 heterocycles. The average Bonchev–Trinajstić information content (AvgIpc) is 3.92. The van der Waals surface area contributed by atoms with Crippen LogP contribution < -0.4 is 20.7 Å². The van der Waals surface area contributed by atoms with Crippen molar-refractivity contribution in [3.8, 4) is 39.9 Å². The van der Waals surface area contributed by atoms with Crippen molar-refractivity contribution in [2.45, 2.75) is 0 Å². The first-order valence-corrected chi connectivity index (χ1v) is 23.3. The Kier molecular flexibility index (Phi) is 8.76. The van der Waals surface area contributed by atoms with Gasteiger partial charge in [0.05, 0.1) is 11.0 Å². The number of aromatic nitrogens is 4. The van der Waals surface area contributed by atoms with Crippen molar-refractivity contribution in [2.75, 3.05) is 0 Å². The number of rotatable bonds is 8. The number of furan rings is 1. The lowest BCUT2D eigenvalue weighted by molar-refractivity contribution is 0.671. The van der Waals surface area contributed by atoms with Crippen molar-refractivity contribution in [3.05, 3.63) is 231 Å². The summed E-state index contributed by atoms with van der Waals surface area (Å²) < 4.78 is 9.20. The van der Waals surface area contributed by atoms with Crippen molar-refractivity contribution in [1.29, 1.82) is 0 Å². The van der Waals surface area contributed by atoms with Gasteiger partial charge in [0.2, 0.25) is 0 Å². The summed E-state index contributed by atoms with van der Waals surface area (Å²) in [5.41, 5.74) is 7.66. The fourth-order valence-corrected chi connectivity index (χ4v) is 14.3. The third-order valence-corrected chi connectivity index (χ3v) is 17.2. The van der Waals surface area contributed by atoms with Gasteiger partial charge in [0.25, 0.3) is 0 Å². The zero-order chi connectivity index (χ0) is 41.7. The van der Waals surface area contributed by atoms with E-state index in [1.54, 1.807) is 0 Å². The maximum absolute atomic E-state index is 6.83. The monoisotopic (exact) mass is 822 g/mol. The van der Waals surface area contributed by atoms with Gasteiger partial charge in [0.1, 0.15) is 5.58 Å². The third kappa shape index (κ3) is 6.03. The standard InChI is InChI=1S/C57H38N4OSi/c1-6-18-39(19-7-1)55-58-56(40-20-8-2-9-21-40)60-57(59-55)41-30-32-42(33-31-41)61-51-37-34-46(38-50(51)48-35-36-49-47-28-16-17-29-52(47)62-54(49)53(48)61)63(43-22-10-3-11-23-43,44-24-12-4-13-25-44)45-26-14-5-15-27-45/h1-38H. The zero-order valence-corrected chi connectivity index (χ0v) is 35.1. The summed E-state index contributed by atoms with van der Waals surface area (Å²) in [6.45, 7) is 0. The van der Waals surface area contributed by atoms with Gasteiger partial charge in [-0.2, -0.15) is 0 Å². The fourth-order valence-electron chi connectivity index (χ4n) is 9.54. The second kappa shape index (κ2) is 15.1. The van der Waals surface area contributed by atoms with Crippen molar-refractivity contribution in [2.24, 2.45) is 0 Å². The van der Waals surface area contributed by atoms with E-state index in [-0.39, 0.29) is 0 Å². The summed E-state index contributed by atoms with van der Waals surface area (Å²) in [4.78, 5) is 15.0. The molecule has 0 fully saturated rings. The largest absolute Gasteiger partial charge is 0.454 e. The molecule has 296 valence electrons. The number of hydrogen-bond donors (Lipinski definition) is 0. The van der Waals surface area contributed by atoms with Gasteiger partial charge in [0.15, 0.2) is 31.1 Å². The van der Waals surface area contributed by atoms with Gasteiger partial charge in [-0.3, -0.25) is 0 Å². The highest BCUT2D eigenvalue weighted by molar-refractivity contribution is 7.20. The molecular formula is C57H38N4OSi. The SMILES string of the molecule is c1ccc(-c2nc(-c3ccccc3)nc(-c3ccc(-n4c5ccc([Si](c6ccccc6)(c6ccccc6)c6ccccc6)cc5c5ccc6c7ccccc7oc6c54)cc3)n2)cc1. The summed E-state index contributed by atoms with van der Waals surface area (Å²) in [6, 6.07) is 82.1. The van der Waals surface area contributed by atoms with Gasteiger partial charge >= 0.3 is 0 Å². The van der Waals surface area contributed by atoms with Gasteiger partial charge in [-0.1, -0.05) is 188 Å². The van der Waals surface area contributed by atoms with Crippen LogP contribution in [0.25, 0.3) is 83.6 Å². The zero-order valence-electron chi connectivity index (χ0n) is 34.1. The van der Waals surface area contributed by atoms with E-state index in [4.69, 9.17) is 19.4 Å². The minimum atomic E-state index is -2.81. The molecule has 3 aromatic heterocycles. The highest BCUT2D eigenvalue weighted by atomic mass is 28.3. The molecule has 0 aliphatic heterocycles. The minimum absolute atomic E-state index is 0.616. The Bertz CT molecular complexity index is 3440. The Hall–Kier alpha value is -8.19. The summed E-state index contributed by atoms with van der Waals surface area (Å²) >= 11 is 0. The summed E-state index contributed by atoms with van der Waals surface area (Å²) in [5.74, 6) is 1.88. The van der Waals surface area contributed by atoms with Crippen molar-refractivity contribution < 1.29 is 4.42 Å². The van der Waals surface area contributed by atoms with E-state index >= 15 is 0 Å². The van der Waals surface area contributed by atoms with Gasteiger partial charge in [-0.25, -0.2) is 15.0 Å². The van der Waals surface area contributed by atoms with Crippen LogP contribution in [0.3, 0.4) is 0 Å². The van der Waals surface area contributed by atoms with E-state index < -0.39 is 8.07 Å². The molecule has 0 saturated heterocycles. The van der Waals surface area contributed by atoms with Crippen molar-refractivity contribution in [3.63, 3.8) is 0 Å². The molecule has 5 nitrogen and oxygen atoms in total. The van der Waals surface area contributed by atoms with Crippen LogP contribution >= 0.6 is 0 Å². The van der Waals surface area contributed by atoms with Gasteiger partial charge < -0.3 is 8.98 Å². The first-order chi connectivity index (χ1) is 31.2. The Morgan fingerprint density at radius 2 is 0.810 bits per heavy atom. The maximum Gasteiger partial charge on any atom is 0.179 e. The number of para-hydroxylation sites is 1. The second-order valence-corrected chi connectivity index (χ2v) is 19.7. The molecule has 0 amide bonds. The molecule has 0 aliphatic carbocycles. The van der Waals surface area contributed by atoms with Crippen LogP contribution in [0.2, 0.25) is 0 Å². The van der Waals surface area contributed by atoms with E-state index in [1.807, 2.05) is 66.7 Å². The topological polar surface area (TPSA) is 56.7 Å². The normalized spacial score (nSPS) is 11.8. The predicted molar refractivity (Wildman–Crippen MR) is 261 cm³/mol. The quantitative estimate of drug-likeness (QED) is 0.113. The van der Waals surface area contributed by atoms with Gasteiger partial charge in [-0.05, 0) is 63.2 Å². The van der Waals surface area contributed by atoms with Gasteiger partial charge in [-0.15, -0.1) is 0 Å². The summed E-state index contributed by atoms with van der Waals surface area (Å²) in [6.07, 6.45) is 0. The third-order valence-electron chi connectivity index (χ3n) is 12.4. The van der Waals surface area contributed by atoms with Crippen LogP contribution in [0, 0.1) is 0 Å². The molecule has 0 bridgehead atoms. The van der Waals surface area contributed by atoms with E-state index in [9.17, 15) is 0 Å². The molecule has 0 aliphatic rings. The molecule has 12 aromatic rings. The first-order valence-electron chi connectivity index (χ1n) is 21.3. The Morgan fingerprint density at radius 1 is 0.349 bits per heavy atom. The molecule has 12 rings (SSSR count). The Balaban J connectivity index is 1.10. The van der Waals surface area contributed by atoms with E-state index in [0.29, 0.717) is 17.5 Å². The van der Waals surface area contributed by atoms with Crippen LogP contribution in [-0.4, -0.2) is 27.6 Å². The maximum atomic E-state index is 6.83. The van der Waals surface area contributed by atoms with Crippen molar-refractivity contribution in [1.82, 2.24) is 19.5 Å². The molecule has 0 N–H and O–H groups in total. The smallest absolute Gasteiger partial charge is 0.179 e. The summed E-state index contributed by atoms with van der Waals surface area (Å²) in [5, 5.41) is 9.83. The lowest BCUT2D eigenvalue weighted by Crippen LogP contribution is -2.74. The molecular weight excluding hydrogens is 785 g/mol. The fraction of sp³-hybridized carbons (Fsp3) is 0. The minimum Gasteiger partial charge on any atom is -0.454 e. The van der Waals surface area contributed by atoms with Crippen molar-refractivity contribution >= 4 is 72.6 Å². The Morgan fingerprint density at radius 3 is 1.35 bits per heavy atom. The van der Waals surface area contributed by atoms with Gasteiger partial charge in [0, 0.05) is 43.9 Å². The van der Waals surface area contributed by atoms with E-state index in [1.165, 1.54) is 26.1 Å². The summed E-state index contributed by atoms with van der Waals surface area (Å²) in [7, 11) is -2.81. The molecule has 0 atom stereocenters. The molecule has 9 aromatic carbocycles. The second-order valence-electron chi connectivity index (χ2n) is 15.9. The lowest BCUT2D eigenvalue weighted by Gasteiger charge is -2.34. The number of fused-ring (bicyclic) bond motifs is 7.